The lowest BCUT2D eigenvalue weighted by Crippen LogP contribution is -2.22. The molecular weight excluding hydrogens is 364 g/mol. The molecule has 0 saturated carbocycles. The van der Waals surface area contributed by atoms with Crippen LogP contribution in [0.4, 0.5) is 5.69 Å². The summed E-state index contributed by atoms with van der Waals surface area (Å²) in [6, 6.07) is 15.8. The molecule has 1 amide bonds. The summed E-state index contributed by atoms with van der Waals surface area (Å²) in [4.78, 5) is 18.0. The number of carbonyl (C=O) groups excluding carboxylic acids is 1. The Kier molecular flexibility index (Phi) is 6.00. The van der Waals surface area contributed by atoms with E-state index in [9.17, 15) is 4.79 Å². The van der Waals surface area contributed by atoms with Crippen LogP contribution in [-0.2, 0) is 4.79 Å². The van der Waals surface area contributed by atoms with Crippen LogP contribution in [0.1, 0.15) is 12.5 Å². The molecule has 3 rings (SSSR count). The first-order valence-corrected chi connectivity index (χ1v) is 10.3. The lowest BCUT2D eigenvalue weighted by Gasteiger charge is -2.12. The van der Waals surface area contributed by atoms with Crippen LogP contribution in [0.5, 0.6) is 0 Å². The van der Waals surface area contributed by atoms with Crippen LogP contribution in [0.2, 0.25) is 0 Å². The molecule has 0 aliphatic carbocycles. The highest BCUT2D eigenvalue weighted by molar-refractivity contribution is 8.00. The molecule has 5 nitrogen and oxygen atoms in total. The summed E-state index contributed by atoms with van der Waals surface area (Å²) in [7, 11) is 0. The van der Waals surface area contributed by atoms with Gasteiger partial charge in [0.1, 0.15) is 0 Å². The minimum atomic E-state index is -0.313. The summed E-state index contributed by atoms with van der Waals surface area (Å²) in [6.45, 7) is 3.89. The Morgan fingerprint density at radius 2 is 1.88 bits per heavy atom. The van der Waals surface area contributed by atoms with Gasteiger partial charge in [0, 0.05) is 10.5 Å². The van der Waals surface area contributed by atoms with Gasteiger partial charge in [0.15, 0.2) is 5.82 Å². The van der Waals surface area contributed by atoms with Crippen molar-refractivity contribution in [1.29, 1.82) is 0 Å². The lowest BCUT2D eigenvalue weighted by molar-refractivity contribution is -0.115. The Hall–Kier alpha value is -2.25. The molecule has 2 N–H and O–H groups in total. The number of rotatable bonds is 6. The Morgan fingerprint density at radius 1 is 1.15 bits per heavy atom. The first-order chi connectivity index (χ1) is 12.6. The van der Waals surface area contributed by atoms with E-state index in [4.69, 9.17) is 0 Å². The average molecular weight is 385 g/mol. The number of H-pyrrole nitrogens is 1. The minimum absolute atomic E-state index is 0.0711. The number of benzene rings is 2. The number of anilines is 1. The predicted octanol–water partition coefficient (Wildman–Crippen LogP) is 4.62. The van der Waals surface area contributed by atoms with Crippen LogP contribution in [0.15, 0.2) is 58.6 Å². The fourth-order valence-electron chi connectivity index (χ4n) is 2.33. The third-order valence-corrected chi connectivity index (χ3v) is 5.56. The maximum atomic E-state index is 12.5. The molecule has 134 valence electrons. The third kappa shape index (κ3) is 4.47. The monoisotopic (exact) mass is 384 g/mol. The van der Waals surface area contributed by atoms with Gasteiger partial charge in [0.2, 0.25) is 11.1 Å². The zero-order valence-corrected chi connectivity index (χ0v) is 16.4. The number of para-hydroxylation sites is 1. The van der Waals surface area contributed by atoms with E-state index in [2.05, 4.69) is 20.5 Å². The zero-order chi connectivity index (χ0) is 18.5. The van der Waals surface area contributed by atoms with E-state index in [-0.39, 0.29) is 11.2 Å². The molecular formula is C19H20N4OS2. The number of hydrogen-bond acceptors (Lipinski definition) is 5. The highest BCUT2D eigenvalue weighted by atomic mass is 32.2. The zero-order valence-electron chi connectivity index (χ0n) is 14.8. The summed E-state index contributed by atoms with van der Waals surface area (Å²) in [5.41, 5.74) is 2.99. The quantitative estimate of drug-likeness (QED) is 0.607. The van der Waals surface area contributed by atoms with Crippen molar-refractivity contribution in [3.05, 3.63) is 54.1 Å². The number of aromatic amines is 1. The molecule has 1 atom stereocenters. The van der Waals surface area contributed by atoms with Crippen LogP contribution in [0.25, 0.3) is 11.4 Å². The molecule has 0 fully saturated rings. The van der Waals surface area contributed by atoms with Crippen LogP contribution in [-0.4, -0.2) is 32.6 Å². The van der Waals surface area contributed by atoms with E-state index in [1.165, 1.54) is 17.3 Å². The molecule has 0 aliphatic rings. The minimum Gasteiger partial charge on any atom is -0.324 e. The molecule has 0 radical (unpaired) electrons. The second-order valence-electron chi connectivity index (χ2n) is 5.78. The smallest absolute Gasteiger partial charge is 0.237 e. The normalized spacial score (nSPS) is 12.0. The number of amides is 1. The second-order valence-corrected chi connectivity index (χ2v) is 7.94. The molecule has 26 heavy (non-hydrogen) atoms. The second kappa shape index (κ2) is 8.42. The maximum absolute atomic E-state index is 12.5. The van der Waals surface area contributed by atoms with Gasteiger partial charge in [0.05, 0.1) is 10.9 Å². The van der Waals surface area contributed by atoms with Crippen molar-refractivity contribution in [2.24, 2.45) is 0 Å². The van der Waals surface area contributed by atoms with E-state index in [1.807, 2.05) is 68.6 Å². The molecule has 3 aromatic rings. The van der Waals surface area contributed by atoms with E-state index in [0.29, 0.717) is 11.0 Å². The van der Waals surface area contributed by atoms with Gasteiger partial charge in [-0.2, -0.15) is 0 Å². The van der Waals surface area contributed by atoms with Gasteiger partial charge in [-0.3, -0.25) is 9.89 Å². The van der Waals surface area contributed by atoms with Crippen LogP contribution < -0.4 is 5.32 Å². The number of hydrogen-bond donors (Lipinski definition) is 2. The number of aromatic nitrogens is 3. The number of thioether (sulfide) groups is 2. The van der Waals surface area contributed by atoms with Gasteiger partial charge in [-0.25, -0.2) is 4.98 Å². The first kappa shape index (κ1) is 18.5. The van der Waals surface area contributed by atoms with Crippen molar-refractivity contribution in [3.63, 3.8) is 0 Å². The van der Waals surface area contributed by atoms with Crippen LogP contribution in [0.3, 0.4) is 0 Å². The molecule has 2 aromatic carbocycles. The molecule has 0 bridgehead atoms. The van der Waals surface area contributed by atoms with E-state index >= 15 is 0 Å². The van der Waals surface area contributed by atoms with Crippen molar-refractivity contribution in [1.82, 2.24) is 15.2 Å². The standard InChI is InChI=1S/C19H20N4OS2/c1-12-8-10-14(11-9-12)17-21-19(23-22-17)26-13(2)18(24)20-15-6-4-5-7-16(15)25-3/h4-11,13H,1-3H3,(H,20,24)(H,21,22,23). The SMILES string of the molecule is CSc1ccccc1NC(=O)C(C)Sc1n[nH]c(-c2ccc(C)cc2)n1. The summed E-state index contributed by atoms with van der Waals surface area (Å²) in [5, 5.41) is 10.4. The number of nitrogens with one attached hydrogen (secondary N) is 2. The van der Waals surface area contributed by atoms with Crippen molar-refractivity contribution in [3.8, 4) is 11.4 Å². The van der Waals surface area contributed by atoms with Gasteiger partial charge in [-0.05, 0) is 32.2 Å². The predicted molar refractivity (Wildman–Crippen MR) is 109 cm³/mol. The molecule has 1 unspecified atom stereocenters. The summed E-state index contributed by atoms with van der Waals surface area (Å²) in [6.07, 6.45) is 1.99. The van der Waals surface area contributed by atoms with Crippen molar-refractivity contribution in [2.75, 3.05) is 11.6 Å². The number of aryl methyl sites for hydroxylation is 1. The van der Waals surface area contributed by atoms with Crippen molar-refractivity contribution >= 4 is 35.1 Å². The Morgan fingerprint density at radius 3 is 2.62 bits per heavy atom. The van der Waals surface area contributed by atoms with Crippen molar-refractivity contribution < 1.29 is 4.79 Å². The summed E-state index contributed by atoms with van der Waals surface area (Å²) < 4.78 is 0. The fourth-order valence-corrected chi connectivity index (χ4v) is 3.61. The number of nitrogens with zero attached hydrogens (tertiary/aromatic N) is 2. The van der Waals surface area contributed by atoms with E-state index < -0.39 is 0 Å². The Balaban J connectivity index is 1.65. The van der Waals surface area contributed by atoms with Crippen LogP contribution in [0, 0.1) is 6.92 Å². The maximum Gasteiger partial charge on any atom is 0.237 e. The van der Waals surface area contributed by atoms with Crippen LogP contribution >= 0.6 is 23.5 Å². The Bertz CT molecular complexity index is 893. The third-order valence-electron chi connectivity index (χ3n) is 3.81. The Labute approximate surface area is 161 Å². The highest BCUT2D eigenvalue weighted by Crippen LogP contribution is 2.27. The lowest BCUT2D eigenvalue weighted by atomic mass is 10.1. The molecule has 0 spiro atoms. The molecule has 0 aliphatic heterocycles. The van der Waals surface area contributed by atoms with Gasteiger partial charge in [-0.1, -0.05) is 53.7 Å². The number of carbonyl (C=O) groups is 1. The molecule has 0 saturated heterocycles. The van der Waals surface area contributed by atoms with E-state index in [1.54, 1.807) is 11.8 Å². The van der Waals surface area contributed by atoms with Gasteiger partial charge < -0.3 is 5.32 Å². The van der Waals surface area contributed by atoms with Gasteiger partial charge in [0.25, 0.3) is 0 Å². The first-order valence-electron chi connectivity index (χ1n) is 8.17. The van der Waals surface area contributed by atoms with Gasteiger partial charge in [-0.15, -0.1) is 16.9 Å². The average Bonchev–Trinajstić information content (AvgIpc) is 3.11. The largest absolute Gasteiger partial charge is 0.324 e. The molecule has 1 heterocycles. The van der Waals surface area contributed by atoms with Crippen molar-refractivity contribution in [2.45, 2.75) is 29.1 Å². The topological polar surface area (TPSA) is 70.7 Å². The summed E-state index contributed by atoms with van der Waals surface area (Å²) >= 11 is 2.93. The van der Waals surface area contributed by atoms with Gasteiger partial charge >= 0.3 is 0 Å². The molecule has 7 heteroatoms. The highest BCUT2D eigenvalue weighted by Gasteiger charge is 2.18. The molecule has 1 aromatic heterocycles. The fraction of sp³-hybridized carbons (Fsp3) is 0.211. The summed E-state index contributed by atoms with van der Waals surface area (Å²) in [5.74, 6) is 0.631. The van der Waals surface area contributed by atoms with E-state index in [0.717, 1.165) is 16.1 Å².